The summed E-state index contributed by atoms with van der Waals surface area (Å²) in [6.07, 6.45) is 2.87. The van der Waals surface area contributed by atoms with Gasteiger partial charge in [-0.3, -0.25) is 4.79 Å². The molecule has 1 atom stereocenters. The van der Waals surface area contributed by atoms with Gasteiger partial charge in [0.2, 0.25) is 0 Å². The van der Waals surface area contributed by atoms with Crippen molar-refractivity contribution in [2.45, 2.75) is 25.8 Å². The van der Waals surface area contributed by atoms with E-state index in [2.05, 4.69) is 17.6 Å². The van der Waals surface area contributed by atoms with Crippen LogP contribution >= 0.6 is 23.4 Å². The van der Waals surface area contributed by atoms with Crippen molar-refractivity contribution in [1.29, 1.82) is 0 Å². The van der Waals surface area contributed by atoms with Crippen molar-refractivity contribution in [2.75, 3.05) is 11.9 Å². The topological polar surface area (TPSA) is 50.4 Å². The van der Waals surface area contributed by atoms with Crippen LogP contribution in [0.1, 0.15) is 24.5 Å². The van der Waals surface area contributed by atoms with Gasteiger partial charge < -0.3 is 15.4 Å². The monoisotopic (exact) mass is 388 g/mol. The molecule has 1 heterocycles. The Balaban J connectivity index is 1.66. The maximum absolute atomic E-state index is 12.2. The van der Waals surface area contributed by atoms with Gasteiger partial charge >= 0.3 is 0 Å². The van der Waals surface area contributed by atoms with E-state index in [1.54, 1.807) is 0 Å². The smallest absolute Gasteiger partial charge is 0.260 e. The molecule has 1 saturated heterocycles. The molecule has 1 aliphatic rings. The molecule has 0 spiro atoms. The Morgan fingerprint density at radius 2 is 2.04 bits per heavy atom. The van der Waals surface area contributed by atoms with Gasteiger partial charge in [0.15, 0.2) is 5.50 Å². The maximum atomic E-state index is 12.2. The Kier molecular flexibility index (Phi) is 6.12. The van der Waals surface area contributed by atoms with Gasteiger partial charge in [0.1, 0.15) is 5.75 Å². The van der Waals surface area contributed by atoms with Crippen molar-refractivity contribution >= 4 is 41.0 Å². The summed E-state index contributed by atoms with van der Waals surface area (Å²) in [5.41, 5.74) is 2.74. The number of ether oxygens (including phenoxy) is 1. The molecular weight excluding hydrogens is 368 g/mol. The molecule has 26 heavy (non-hydrogen) atoms. The summed E-state index contributed by atoms with van der Waals surface area (Å²) < 4.78 is 5.58. The lowest BCUT2D eigenvalue weighted by molar-refractivity contribution is -0.116. The average Bonchev–Trinajstić information content (AvgIpc) is 2.96. The second-order valence-corrected chi connectivity index (χ2v) is 7.58. The van der Waals surface area contributed by atoms with E-state index in [4.69, 9.17) is 16.3 Å². The predicted molar refractivity (Wildman–Crippen MR) is 110 cm³/mol. The van der Waals surface area contributed by atoms with E-state index in [1.165, 1.54) is 11.8 Å². The number of hydrogen-bond acceptors (Lipinski definition) is 4. The lowest BCUT2D eigenvalue weighted by Gasteiger charge is -2.15. The number of carbonyl (C=O) groups excluding carboxylic acids is 1. The van der Waals surface area contributed by atoms with Crippen LogP contribution in [0.4, 0.5) is 5.69 Å². The van der Waals surface area contributed by atoms with Crippen LogP contribution in [-0.4, -0.2) is 18.0 Å². The van der Waals surface area contributed by atoms with Crippen molar-refractivity contribution in [3.8, 4) is 5.75 Å². The molecule has 1 amide bonds. The SMILES string of the molecule is CCCOc1ccc(/C=C2\SC(Nc3ccc(Cl)cc3C)NC2=O)cc1. The molecule has 1 aliphatic heterocycles. The van der Waals surface area contributed by atoms with E-state index in [9.17, 15) is 4.79 Å². The van der Waals surface area contributed by atoms with Gasteiger partial charge in [-0.2, -0.15) is 0 Å². The first-order valence-electron chi connectivity index (χ1n) is 8.50. The van der Waals surface area contributed by atoms with Crippen LogP contribution in [0, 0.1) is 6.92 Å². The standard InChI is InChI=1S/C20H21ClN2O2S/c1-3-10-25-16-7-4-14(5-8-16)12-18-19(24)23-20(26-18)22-17-9-6-15(21)11-13(17)2/h4-9,11-12,20,22H,3,10H2,1-2H3,(H,23,24)/b18-12-. The Labute approximate surface area is 163 Å². The van der Waals surface area contributed by atoms with Crippen molar-refractivity contribution < 1.29 is 9.53 Å². The summed E-state index contributed by atoms with van der Waals surface area (Å²) in [6.45, 7) is 4.76. The third-order valence-corrected chi connectivity index (χ3v) is 5.12. The number of nitrogens with one attached hydrogen (secondary N) is 2. The highest BCUT2D eigenvalue weighted by Gasteiger charge is 2.27. The first-order valence-corrected chi connectivity index (χ1v) is 9.75. The molecule has 2 N–H and O–H groups in total. The van der Waals surface area contributed by atoms with Crippen molar-refractivity contribution in [3.63, 3.8) is 0 Å². The average molecular weight is 389 g/mol. The number of thioether (sulfide) groups is 1. The number of benzene rings is 2. The number of rotatable bonds is 6. The van der Waals surface area contributed by atoms with Crippen LogP contribution in [0.25, 0.3) is 6.08 Å². The molecule has 4 nitrogen and oxygen atoms in total. The van der Waals surface area contributed by atoms with Crippen LogP contribution in [0.3, 0.4) is 0 Å². The fourth-order valence-corrected chi connectivity index (χ4v) is 3.73. The molecule has 6 heteroatoms. The highest BCUT2D eigenvalue weighted by atomic mass is 35.5. The molecule has 0 radical (unpaired) electrons. The number of halogens is 1. The number of carbonyl (C=O) groups is 1. The lowest BCUT2D eigenvalue weighted by Crippen LogP contribution is -2.31. The molecule has 0 bridgehead atoms. The zero-order valence-corrected chi connectivity index (χ0v) is 16.3. The van der Waals surface area contributed by atoms with E-state index in [1.807, 2.05) is 55.5 Å². The minimum atomic E-state index is -0.208. The van der Waals surface area contributed by atoms with Crippen LogP contribution in [-0.2, 0) is 4.79 Å². The van der Waals surface area contributed by atoms with Crippen molar-refractivity contribution in [1.82, 2.24) is 5.32 Å². The van der Waals surface area contributed by atoms with Gasteiger partial charge in [0, 0.05) is 10.7 Å². The first-order chi connectivity index (χ1) is 12.5. The van der Waals surface area contributed by atoms with Gasteiger partial charge in [-0.05, 0) is 60.9 Å². The normalized spacial score (nSPS) is 18.0. The summed E-state index contributed by atoms with van der Waals surface area (Å²) in [6, 6.07) is 13.4. The first kappa shape index (κ1) is 18.7. The Hall–Kier alpha value is -2.11. The van der Waals surface area contributed by atoms with Gasteiger partial charge in [0.05, 0.1) is 11.5 Å². The second-order valence-electron chi connectivity index (χ2n) is 6.00. The van der Waals surface area contributed by atoms with E-state index in [0.29, 0.717) is 16.5 Å². The molecule has 1 fully saturated rings. The zero-order chi connectivity index (χ0) is 18.5. The minimum absolute atomic E-state index is 0.0783. The Morgan fingerprint density at radius 1 is 1.27 bits per heavy atom. The molecule has 0 aromatic heterocycles. The summed E-state index contributed by atoms with van der Waals surface area (Å²) in [5.74, 6) is 0.765. The van der Waals surface area contributed by atoms with E-state index < -0.39 is 0 Å². The van der Waals surface area contributed by atoms with Gasteiger partial charge in [-0.1, -0.05) is 42.4 Å². The van der Waals surface area contributed by atoms with E-state index in [-0.39, 0.29) is 11.4 Å². The van der Waals surface area contributed by atoms with Gasteiger partial charge in [-0.15, -0.1) is 0 Å². The Morgan fingerprint density at radius 3 is 2.73 bits per heavy atom. The highest BCUT2D eigenvalue weighted by Crippen LogP contribution is 2.31. The van der Waals surface area contributed by atoms with E-state index >= 15 is 0 Å². The minimum Gasteiger partial charge on any atom is -0.494 e. The molecule has 2 aromatic rings. The third-order valence-electron chi connectivity index (χ3n) is 3.86. The number of aryl methyl sites for hydroxylation is 1. The predicted octanol–water partition coefficient (Wildman–Crippen LogP) is 5.04. The van der Waals surface area contributed by atoms with Crippen molar-refractivity contribution in [2.24, 2.45) is 0 Å². The Bertz CT molecular complexity index is 821. The van der Waals surface area contributed by atoms with Crippen molar-refractivity contribution in [3.05, 3.63) is 63.5 Å². The fourth-order valence-electron chi connectivity index (χ4n) is 2.53. The van der Waals surface area contributed by atoms with Crippen LogP contribution in [0.15, 0.2) is 47.4 Å². The largest absolute Gasteiger partial charge is 0.494 e. The lowest BCUT2D eigenvalue weighted by atomic mass is 10.2. The van der Waals surface area contributed by atoms with Crippen LogP contribution < -0.4 is 15.4 Å². The number of amides is 1. The fraction of sp³-hybridized carbons (Fsp3) is 0.250. The summed E-state index contributed by atoms with van der Waals surface area (Å²) in [5, 5.41) is 6.96. The molecule has 136 valence electrons. The maximum Gasteiger partial charge on any atom is 0.260 e. The molecular formula is C20H21ClN2O2S. The molecule has 0 saturated carbocycles. The molecule has 3 rings (SSSR count). The number of anilines is 1. The molecule has 2 aromatic carbocycles. The summed E-state index contributed by atoms with van der Waals surface area (Å²) in [7, 11) is 0. The summed E-state index contributed by atoms with van der Waals surface area (Å²) >= 11 is 7.45. The molecule has 1 unspecified atom stereocenters. The van der Waals surface area contributed by atoms with Crippen LogP contribution in [0.5, 0.6) is 5.75 Å². The summed E-state index contributed by atoms with van der Waals surface area (Å²) in [4.78, 5) is 12.9. The second kappa shape index (κ2) is 8.52. The van der Waals surface area contributed by atoms with E-state index in [0.717, 1.165) is 29.0 Å². The zero-order valence-electron chi connectivity index (χ0n) is 14.7. The molecule has 0 aliphatic carbocycles. The quantitative estimate of drug-likeness (QED) is 0.681. The third kappa shape index (κ3) is 4.74. The van der Waals surface area contributed by atoms with Crippen LogP contribution in [0.2, 0.25) is 5.02 Å². The number of hydrogen-bond donors (Lipinski definition) is 2. The van der Waals surface area contributed by atoms with Gasteiger partial charge in [0.25, 0.3) is 5.91 Å². The van der Waals surface area contributed by atoms with Gasteiger partial charge in [-0.25, -0.2) is 0 Å². The highest BCUT2D eigenvalue weighted by molar-refractivity contribution is 8.05.